The first-order chi connectivity index (χ1) is 10.5. The molecule has 22 heavy (non-hydrogen) atoms. The highest BCUT2D eigenvalue weighted by Gasteiger charge is 2.29. The number of rotatable bonds is 6. The molecule has 1 unspecified atom stereocenters. The van der Waals surface area contributed by atoms with Gasteiger partial charge in [0.2, 0.25) is 10.0 Å². The maximum atomic E-state index is 12.2. The van der Waals surface area contributed by atoms with Crippen molar-refractivity contribution in [3.63, 3.8) is 0 Å². The second-order valence-corrected chi connectivity index (χ2v) is 7.40. The molecule has 2 aromatic rings. The predicted molar refractivity (Wildman–Crippen MR) is 82.6 cm³/mol. The fourth-order valence-corrected chi connectivity index (χ4v) is 3.35. The van der Waals surface area contributed by atoms with Crippen LogP contribution in [0.5, 0.6) is 0 Å². The zero-order valence-corrected chi connectivity index (χ0v) is 13.1. The van der Waals surface area contributed by atoms with E-state index in [4.69, 9.17) is 10.2 Å². The first kappa shape index (κ1) is 15.2. The lowest BCUT2D eigenvalue weighted by Crippen LogP contribution is -2.38. The van der Waals surface area contributed by atoms with Crippen molar-refractivity contribution in [3.8, 4) is 11.3 Å². The number of benzene rings is 1. The van der Waals surface area contributed by atoms with E-state index in [0.29, 0.717) is 17.5 Å². The Bertz CT molecular complexity index is 749. The van der Waals surface area contributed by atoms with E-state index in [2.05, 4.69) is 9.71 Å². The van der Waals surface area contributed by atoms with E-state index >= 15 is 0 Å². The Morgan fingerprint density at radius 2 is 2.05 bits per heavy atom. The summed E-state index contributed by atoms with van der Waals surface area (Å²) in [7, 11) is -3.53. The molecule has 1 aliphatic carbocycles. The second-order valence-electron chi connectivity index (χ2n) is 5.63. The van der Waals surface area contributed by atoms with Gasteiger partial charge in [0, 0.05) is 25.1 Å². The molecule has 0 radical (unpaired) electrons. The molecule has 0 aliphatic heterocycles. The SMILES string of the molecule is Cc1nc(-c2ccc(S(=O)(=O)NCC(N)C3CC3)cc2)co1. The molecule has 1 saturated carbocycles. The van der Waals surface area contributed by atoms with Crippen molar-refractivity contribution in [2.24, 2.45) is 11.7 Å². The second kappa shape index (κ2) is 5.83. The molecule has 3 rings (SSSR count). The summed E-state index contributed by atoms with van der Waals surface area (Å²) in [5, 5.41) is 0. The smallest absolute Gasteiger partial charge is 0.240 e. The molecule has 118 valence electrons. The van der Waals surface area contributed by atoms with Gasteiger partial charge in [0.05, 0.1) is 4.90 Å². The van der Waals surface area contributed by atoms with Crippen molar-refractivity contribution in [1.82, 2.24) is 9.71 Å². The molecule has 6 nitrogen and oxygen atoms in total. The number of nitrogens with one attached hydrogen (secondary N) is 1. The quantitative estimate of drug-likeness (QED) is 0.843. The fourth-order valence-electron chi connectivity index (χ4n) is 2.28. The van der Waals surface area contributed by atoms with Crippen molar-refractivity contribution in [2.45, 2.75) is 30.7 Å². The number of hydrogen-bond acceptors (Lipinski definition) is 5. The molecule has 1 fully saturated rings. The van der Waals surface area contributed by atoms with E-state index in [9.17, 15) is 8.42 Å². The van der Waals surface area contributed by atoms with Crippen LogP contribution in [0.15, 0.2) is 39.8 Å². The van der Waals surface area contributed by atoms with Crippen LogP contribution in [0.4, 0.5) is 0 Å². The lowest BCUT2D eigenvalue weighted by atomic mass is 10.2. The van der Waals surface area contributed by atoms with Crippen molar-refractivity contribution >= 4 is 10.0 Å². The molecule has 3 N–H and O–H groups in total. The minimum absolute atomic E-state index is 0.104. The number of oxazole rings is 1. The van der Waals surface area contributed by atoms with Gasteiger partial charge in [-0.1, -0.05) is 12.1 Å². The van der Waals surface area contributed by atoms with Crippen molar-refractivity contribution in [3.05, 3.63) is 36.4 Å². The molecule has 1 aromatic heterocycles. The maximum absolute atomic E-state index is 12.2. The molecule has 1 aromatic carbocycles. The van der Waals surface area contributed by atoms with E-state index in [-0.39, 0.29) is 17.5 Å². The molecule has 1 heterocycles. The monoisotopic (exact) mass is 321 g/mol. The highest BCUT2D eigenvalue weighted by atomic mass is 32.2. The van der Waals surface area contributed by atoms with Gasteiger partial charge in [-0.15, -0.1) is 0 Å². The van der Waals surface area contributed by atoms with E-state index < -0.39 is 10.0 Å². The molecule has 0 bridgehead atoms. The summed E-state index contributed by atoms with van der Waals surface area (Å²) in [6.07, 6.45) is 3.73. The summed E-state index contributed by atoms with van der Waals surface area (Å²) in [5.41, 5.74) is 7.42. The van der Waals surface area contributed by atoms with Gasteiger partial charge < -0.3 is 10.2 Å². The molecule has 7 heteroatoms. The molecule has 1 aliphatic rings. The number of nitrogens with two attached hydrogens (primary N) is 1. The third-order valence-corrected chi connectivity index (χ3v) is 5.26. The number of nitrogens with zero attached hydrogens (tertiary/aromatic N) is 1. The molecule has 1 atom stereocenters. The Kier molecular flexibility index (Phi) is 4.03. The van der Waals surface area contributed by atoms with E-state index in [0.717, 1.165) is 18.4 Å². The van der Waals surface area contributed by atoms with Crippen LogP contribution in [0, 0.1) is 12.8 Å². The van der Waals surface area contributed by atoms with Gasteiger partial charge in [-0.2, -0.15) is 0 Å². The van der Waals surface area contributed by atoms with Gasteiger partial charge >= 0.3 is 0 Å². The number of hydrogen-bond donors (Lipinski definition) is 2. The van der Waals surface area contributed by atoms with Gasteiger partial charge in [0.15, 0.2) is 5.89 Å². The molecule has 0 saturated heterocycles. The minimum atomic E-state index is -3.53. The first-order valence-corrected chi connectivity index (χ1v) is 8.72. The zero-order chi connectivity index (χ0) is 15.7. The first-order valence-electron chi connectivity index (χ1n) is 7.23. The summed E-state index contributed by atoms with van der Waals surface area (Å²) in [4.78, 5) is 4.43. The molecular weight excluding hydrogens is 302 g/mol. The summed E-state index contributed by atoms with van der Waals surface area (Å²) in [5.74, 6) is 1.03. The predicted octanol–water partition coefficient (Wildman–Crippen LogP) is 1.67. The Morgan fingerprint density at radius 3 is 2.59 bits per heavy atom. The molecular formula is C15H19N3O3S. The van der Waals surface area contributed by atoms with Crippen LogP contribution in [-0.2, 0) is 10.0 Å². The van der Waals surface area contributed by atoms with Crippen LogP contribution in [0.25, 0.3) is 11.3 Å². The van der Waals surface area contributed by atoms with Gasteiger partial charge in [0.1, 0.15) is 12.0 Å². The van der Waals surface area contributed by atoms with Crippen LogP contribution in [0.2, 0.25) is 0 Å². The summed E-state index contributed by atoms with van der Waals surface area (Å²) in [6, 6.07) is 6.45. The highest BCUT2D eigenvalue weighted by Crippen LogP contribution is 2.31. The van der Waals surface area contributed by atoms with Crippen molar-refractivity contribution < 1.29 is 12.8 Å². The van der Waals surface area contributed by atoms with Crippen LogP contribution in [-0.4, -0.2) is 26.0 Å². The maximum Gasteiger partial charge on any atom is 0.240 e. The van der Waals surface area contributed by atoms with Crippen molar-refractivity contribution in [1.29, 1.82) is 0 Å². The van der Waals surface area contributed by atoms with E-state index in [1.807, 2.05) is 0 Å². The third kappa shape index (κ3) is 3.37. The fraction of sp³-hybridized carbons (Fsp3) is 0.400. The number of aromatic nitrogens is 1. The Balaban J connectivity index is 1.70. The Morgan fingerprint density at radius 1 is 1.36 bits per heavy atom. The highest BCUT2D eigenvalue weighted by molar-refractivity contribution is 7.89. The average Bonchev–Trinajstić information content (AvgIpc) is 3.27. The van der Waals surface area contributed by atoms with Gasteiger partial charge in [0.25, 0.3) is 0 Å². The Hall–Kier alpha value is -1.70. The van der Waals surface area contributed by atoms with Crippen LogP contribution < -0.4 is 10.5 Å². The lowest BCUT2D eigenvalue weighted by Gasteiger charge is -2.12. The normalized spacial score (nSPS) is 16.6. The third-order valence-electron chi connectivity index (χ3n) is 3.82. The van der Waals surface area contributed by atoms with Crippen LogP contribution in [0.1, 0.15) is 18.7 Å². The summed E-state index contributed by atoms with van der Waals surface area (Å²) < 4.78 is 32.2. The van der Waals surface area contributed by atoms with Crippen molar-refractivity contribution in [2.75, 3.05) is 6.54 Å². The topological polar surface area (TPSA) is 98.2 Å². The van der Waals surface area contributed by atoms with Gasteiger partial charge in [-0.3, -0.25) is 0 Å². The van der Waals surface area contributed by atoms with E-state index in [1.54, 1.807) is 37.5 Å². The number of aryl methyl sites for hydroxylation is 1. The largest absolute Gasteiger partial charge is 0.449 e. The zero-order valence-electron chi connectivity index (χ0n) is 12.3. The van der Waals surface area contributed by atoms with Crippen LogP contribution in [0.3, 0.4) is 0 Å². The standard InChI is InChI=1S/C15H19N3O3S/c1-10-18-15(9-21-10)12-4-6-13(7-5-12)22(19,20)17-8-14(16)11-2-3-11/h4-7,9,11,14,17H,2-3,8,16H2,1H3. The van der Waals surface area contributed by atoms with Gasteiger partial charge in [-0.25, -0.2) is 18.1 Å². The lowest BCUT2D eigenvalue weighted by molar-refractivity contribution is 0.521. The van der Waals surface area contributed by atoms with E-state index in [1.165, 1.54) is 0 Å². The van der Waals surface area contributed by atoms with Gasteiger partial charge in [-0.05, 0) is 30.9 Å². The van der Waals surface area contributed by atoms with Crippen LogP contribution >= 0.6 is 0 Å². The molecule has 0 spiro atoms. The summed E-state index contributed by atoms with van der Waals surface area (Å²) in [6.45, 7) is 2.03. The minimum Gasteiger partial charge on any atom is -0.449 e. The number of sulfonamides is 1. The Labute approximate surface area is 129 Å². The summed E-state index contributed by atoms with van der Waals surface area (Å²) >= 11 is 0. The molecule has 0 amide bonds. The average molecular weight is 321 g/mol.